The predicted octanol–water partition coefficient (Wildman–Crippen LogP) is 5.32. The van der Waals surface area contributed by atoms with Gasteiger partial charge in [0, 0.05) is 29.0 Å². The number of hydrogen-bond acceptors (Lipinski definition) is 4. The van der Waals surface area contributed by atoms with Gasteiger partial charge >= 0.3 is 0 Å². The Morgan fingerprint density at radius 2 is 1.95 bits per heavy atom. The van der Waals surface area contributed by atoms with Crippen molar-refractivity contribution in [1.29, 1.82) is 0 Å². The Kier molecular flexibility index (Phi) is 6.15. The van der Waals surface area contributed by atoms with Crippen molar-refractivity contribution in [2.24, 2.45) is 0 Å². The zero-order valence-electron chi connectivity index (χ0n) is 12.0. The summed E-state index contributed by atoms with van der Waals surface area (Å²) in [5.41, 5.74) is 0. The van der Waals surface area contributed by atoms with Crippen LogP contribution >= 0.6 is 35.0 Å². The van der Waals surface area contributed by atoms with Gasteiger partial charge in [0.1, 0.15) is 16.7 Å². The van der Waals surface area contributed by atoms with Gasteiger partial charge in [0.15, 0.2) is 0 Å². The first-order chi connectivity index (χ1) is 10.1. The zero-order valence-corrected chi connectivity index (χ0v) is 14.3. The maximum absolute atomic E-state index is 6.20. The molecule has 0 aliphatic rings. The Labute approximate surface area is 139 Å². The normalized spacial score (nSPS) is 10.7. The number of halogens is 2. The molecular formula is C15H17Cl2N3S. The molecule has 3 nitrogen and oxygen atoms in total. The van der Waals surface area contributed by atoms with E-state index in [-0.39, 0.29) is 0 Å². The van der Waals surface area contributed by atoms with Gasteiger partial charge in [0.2, 0.25) is 0 Å². The van der Waals surface area contributed by atoms with Crippen molar-refractivity contribution in [2.45, 2.75) is 36.6 Å². The smallest absolute Gasteiger partial charge is 0.131 e. The SMILES string of the molecule is CCCNc1cc(Sc2cc(Cl)ccc2Cl)nc(CC)n1. The Morgan fingerprint density at radius 3 is 2.67 bits per heavy atom. The van der Waals surface area contributed by atoms with E-state index in [0.29, 0.717) is 10.0 Å². The molecule has 1 N–H and O–H groups in total. The first-order valence-corrected chi connectivity index (χ1v) is 8.44. The summed E-state index contributed by atoms with van der Waals surface area (Å²) in [5, 5.41) is 5.50. The summed E-state index contributed by atoms with van der Waals surface area (Å²) < 4.78 is 0. The molecule has 21 heavy (non-hydrogen) atoms. The summed E-state index contributed by atoms with van der Waals surface area (Å²) in [4.78, 5) is 9.91. The number of aromatic nitrogens is 2. The number of nitrogens with one attached hydrogen (secondary N) is 1. The van der Waals surface area contributed by atoms with Crippen LogP contribution in [-0.4, -0.2) is 16.5 Å². The fraction of sp³-hybridized carbons (Fsp3) is 0.333. The van der Waals surface area contributed by atoms with Crippen molar-refractivity contribution < 1.29 is 0 Å². The lowest BCUT2D eigenvalue weighted by Gasteiger charge is -2.09. The van der Waals surface area contributed by atoms with Crippen molar-refractivity contribution >= 4 is 40.8 Å². The van der Waals surface area contributed by atoms with Crippen LogP contribution in [0.2, 0.25) is 10.0 Å². The van der Waals surface area contributed by atoms with Crippen LogP contribution in [0.4, 0.5) is 5.82 Å². The first kappa shape index (κ1) is 16.4. The van der Waals surface area contributed by atoms with E-state index >= 15 is 0 Å². The number of rotatable bonds is 6. The van der Waals surface area contributed by atoms with Crippen LogP contribution in [0.5, 0.6) is 0 Å². The maximum Gasteiger partial charge on any atom is 0.131 e. The molecule has 0 fully saturated rings. The average molecular weight is 342 g/mol. The third-order valence-corrected chi connectivity index (χ3v) is 4.38. The Morgan fingerprint density at radius 1 is 1.14 bits per heavy atom. The molecule has 1 aromatic carbocycles. The molecule has 1 heterocycles. The van der Waals surface area contributed by atoms with Crippen molar-refractivity contribution in [3.8, 4) is 0 Å². The molecule has 0 aliphatic carbocycles. The largest absolute Gasteiger partial charge is 0.370 e. The molecule has 0 aliphatic heterocycles. The van der Waals surface area contributed by atoms with Crippen LogP contribution in [0, 0.1) is 0 Å². The maximum atomic E-state index is 6.20. The minimum absolute atomic E-state index is 0.663. The van der Waals surface area contributed by atoms with Gasteiger partial charge < -0.3 is 5.32 Å². The van der Waals surface area contributed by atoms with Gasteiger partial charge in [0.05, 0.1) is 5.02 Å². The highest BCUT2D eigenvalue weighted by Gasteiger charge is 2.08. The fourth-order valence-electron chi connectivity index (χ4n) is 1.69. The molecule has 0 saturated carbocycles. The van der Waals surface area contributed by atoms with E-state index in [1.165, 1.54) is 11.8 Å². The van der Waals surface area contributed by atoms with Crippen molar-refractivity contribution in [2.75, 3.05) is 11.9 Å². The highest BCUT2D eigenvalue weighted by Crippen LogP contribution is 2.34. The van der Waals surface area contributed by atoms with E-state index in [1.54, 1.807) is 12.1 Å². The standard InChI is InChI=1S/C15H17Cl2N3S/c1-3-7-18-14-9-15(20-13(4-2)19-14)21-12-8-10(16)5-6-11(12)17/h5-6,8-9H,3-4,7H2,1-2H3,(H,18,19,20). The van der Waals surface area contributed by atoms with Crippen LogP contribution in [0.25, 0.3) is 0 Å². The molecule has 0 bridgehead atoms. The van der Waals surface area contributed by atoms with E-state index in [9.17, 15) is 0 Å². The van der Waals surface area contributed by atoms with Gasteiger partial charge in [-0.25, -0.2) is 9.97 Å². The van der Waals surface area contributed by atoms with Gasteiger partial charge in [-0.1, -0.05) is 48.8 Å². The van der Waals surface area contributed by atoms with Gasteiger partial charge in [-0.3, -0.25) is 0 Å². The van der Waals surface area contributed by atoms with Gasteiger partial charge in [0.25, 0.3) is 0 Å². The molecule has 1 aromatic heterocycles. The average Bonchev–Trinajstić information content (AvgIpc) is 2.48. The highest BCUT2D eigenvalue weighted by atomic mass is 35.5. The van der Waals surface area contributed by atoms with Crippen LogP contribution in [0.3, 0.4) is 0 Å². The molecule has 0 saturated heterocycles. The molecule has 0 spiro atoms. The van der Waals surface area contributed by atoms with Crippen molar-refractivity contribution in [3.05, 3.63) is 40.1 Å². The van der Waals surface area contributed by atoms with Gasteiger partial charge in [-0.15, -0.1) is 0 Å². The lowest BCUT2D eigenvalue weighted by molar-refractivity contribution is 0.877. The van der Waals surface area contributed by atoms with E-state index in [1.807, 2.05) is 19.1 Å². The molecular weight excluding hydrogens is 325 g/mol. The second-order valence-corrected chi connectivity index (χ2v) is 6.37. The molecule has 2 rings (SSSR count). The summed E-state index contributed by atoms with van der Waals surface area (Å²) in [7, 11) is 0. The summed E-state index contributed by atoms with van der Waals surface area (Å²) in [6.07, 6.45) is 1.84. The van der Waals surface area contributed by atoms with E-state index in [4.69, 9.17) is 23.2 Å². The minimum atomic E-state index is 0.663. The lowest BCUT2D eigenvalue weighted by atomic mass is 10.4. The second kappa shape index (κ2) is 7.87. The van der Waals surface area contributed by atoms with Crippen molar-refractivity contribution in [3.63, 3.8) is 0 Å². The van der Waals surface area contributed by atoms with E-state index in [0.717, 1.165) is 41.0 Å². The summed E-state index contributed by atoms with van der Waals surface area (Å²) in [5.74, 6) is 1.67. The molecule has 0 radical (unpaired) electrons. The Bertz CT molecular complexity index is 620. The van der Waals surface area contributed by atoms with Crippen LogP contribution in [0.1, 0.15) is 26.1 Å². The van der Waals surface area contributed by atoms with Crippen LogP contribution in [0.15, 0.2) is 34.2 Å². The molecule has 0 amide bonds. The topological polar surface area (TPSA) is 37.8 Å². The summed E-state index contributed by atoms with van der Waals surface area (Å²) in [6.45, 7) is 5.05. The second-order valence-electron chi connectivity index (χ2n) is 4.46. The van der Waals surface area contributed by atoms with Gasteiger partial charge in [-0.05, 0) is 24.6 Å². The molecule has 112 valence electrons. The summed E-state index contributed by atoms with van der Waals surface area (Å²) >= 11 is 13.7. The quantitative estimate of drug-likeness (QED) is 0.721. The number of aryl methyl sites for hydroxylation is 1. The number of benzene rings is 1. The fourth-order valence-corrected chi connectivity index (χ4v) is 3.06. The molecule has 0 atom stereocenters. The molecule has 6 heteroatoms. The van der Waals surface area contributed by atoms with Gasteiger partial charge in [-0.2, -0.15) is 0 Å². The highest BCUT2D eigenvalue weighted by molar-refractivity contribution is 7.99. The van der Waals surface area contributed by atoms with Crippen molar-refractivity contribution in [1.82, 2.24) is 9.97 Å². The number of anilines is 1. The zero-order chi connectivity index (χ0) is 15.2. The Hall–Kier alpha value is -0.970. The van der Waals surface area contributed by atoms with Crippen LogP contribution < -0.4 is 5.32 Å². The minimum Gasteiger partial charge on any atom is -0.370 e. The van der Waals surface area contributed by atoms with Crippen LogP contribution in [-0.2, 0) is 6.42 Å². The monoisotopic (exact) mass is 341 g/mol. The third kappa shape index (κ3) is 4.77. The lowest BCUT2D eigenvalue weighted by Crippen LogP contribution is -2.05. The third-order valence-electron chi connectivity index (χ3n) is 2.73. The Balaban J connectivity index is 2.27. The number of nitrogens with zero attached hydrogens (tertiary/aromatic N) is 2. The molecule has 2 aromatic rings. The predicted molar refractivity (Wildman–Crippen MR) is 90.8 cm³/mol. The number of hydrogen-bond donors (Lipinski definition) is 1. The first-order valence-electron chi connectivity index (χ1n) is 6.87. The summed E-state index contributed by atoms with van der Waals surface area (Å²) in [6, 6.07) is 7.36. The van der Waals surface area contributed by atoms with E-state index in [2.05, 4.69) is 22.2 Å². The molecule has 0 unspecified atom stereocenters. The van der Waals surface area contributed by atoms with E-state index < -0.39 is 0 Å².